The molecule has 7 heteroatoms. The Kier molecular flexibility index (Phi) is 5.24. The minimum absolute atomic E-state index is 0.0782. The van der Waals surface area contributed by atoms with Gasteiger partial charge in [-0.15, -0.1) is 0 Å². The summed E-state index contributed by atoms with van der Waals surface area (Å²) in [5, 5.41) is 14.8. The van der Waals surface area contributed by atoms with Crippen molar-refractivity contribution in [1.82, 2.24) is 19.5 Å². The molecule has 1 N–H and O–H groups in total. The summed E-state index contributed by atoms with van der Waals surface area (Å²) in [6, 6.07) is 7.92. The number of hydrogen-bond acceptors (Lipinski definition) is 6. The van der Waals surface area contributed by atoms with Crippen molar-refractivity contribution in [2.24, 2.45) is 0 Å². The fraction of sp³-hybridized carbons (Fsp3) is 0.444. The van der Waals surface area contributed by atoms with Gasteiger partial charge in [0, 0.05) is 5.56 Å². The van der Waals surface area contributed by atoms with Crippen molar-refractivity contribution in [3.05, 3.63) is 41.0 Å². The number of thiazole rings is 1. The zero-order valence-corrected chi connectivity index (χ0v) is 15.8. The summed E-state index contributed by atoms with van der Waals surface area (Å²) >= 11 is 1.46. The van der Waals surface area contributed by atoms with E-state index in [4.69, 9.17) is 4.74 Å². The first-order valence-electron chi connectivity index (χ1n) is 8.57. The van der Waals surface area contributed by atoms with Crippen molar-refractivity contribution < 1.29 is 9.84 Å². The predicted molar refractivity (Wildman–Crippen MR) is 99.5 cm³/mol. The molecule has 0 spiro atoms. The third-order valence-corrected chi connectivity index (χ3v) is 5.23. The summed E-state index contributed by atoms with van der Waals surface area (Å²) in [5.74, 6) is 0.988. The van der Waals surface area contributed by atoms with Gasteiger partial charge in [0.05, 0.1) is 17.0 Å². The van der Waals surface area contributed by atoms with Crippen LogP contribution in [0.25, 0.3) is 4.96 Å². The van der Waals surface area contributed by atoms with Gasteiger partial charge in [-0.3, -0.25) is 4.90 Å². The van der Waals surface area contributed by atoms with Crippen LogP contribution in [0.1, 0.15) is 44.2 Å². The van der Waals surface area contributed by atoms with Gasteiger partial charge in [0.15, 0.2) is 0 Å². The molecule has 2 aromatic heterocycles. The maximum atomic E-state index is 10.7. The molecule has 0 saturated carbocycles. The minimum atomic E-state index is -0.113. The lowest BCUT2D eigenvalue weighted by Gasteiger charge is -2.30. The van der Waals surface area contributed by atoms with E-state index in [2.05, 4.69) is 34.9 Å². The number of nitrogens with zero attached hydrogens (tertiary/aromatic N) is 4. The first-order valence-corrected chi connectivity index (χ1v) is 9.39. The highest BCUT2D eigenvalue weighted by Crippen LogP contribution is 2.42. The summed E-state index contributed by atoms with van der Waals surface area (Å²) in [6.07, 6.45) is 1.53. The lowest BCUT2D eigenvalue weighted by atomic mass is 10.0. The molecule has 0 fully saturated rings. The van der Waals surface area contributed by atoms with Crippen molar-refractivity contribution in [3.8, 4) is 11.6 Å². The van der Waals surface area contributed by atoms with E-state index in [9.17, 15) is 5.11 Å². The Hall–Kier alpha value is -2.12. The van der Waals surface area contributed by atoms with Gasteiger partial charge in [-0.05, 0) is 33.0 Å². The Bertz CT molecular complexity index is 839. The molecule has 0 bridgehead atoms. The molecule has 6 nitrogen and oxygen atoms in total. The number of ether oxygens (including phenoxy) is 1. The highest BCUT2D eigenvalue weighted by atomic mass is 32.1. The van der Waals surface area contributed by atoms with E-state index in [0.717, 1.165) is 29.3 Å². The van der Waals surface area contributed by atoms with Crippen LogP contribution < -0.4 is 4.74 Å². The van der Waals surface area contributed by atoms with Crippen LogP contribution in [0.3, 0.4) is 0 Å². The third kappa shape index (κ3) is 3.34. The van der Waals surface area contributed by atoms with Crippen LogP contribution in [0.4, 0.5) is 0 Å². The average molecular weight is 360 g/mol. The van der Waals surface area contributed by atoms with Gasteiger partial charge < -0.3 is 9.84 Å². The first-order chi connectivity index (χ1) is 12.1. The van der Waals surface area contributed by atoms with Gasteiger partial charge in [-0.25, -0.2) is 4.98 Å². The van der Waals surface area contributed by atoms with Gasteiger partial charge in [-0.2, -0.15) is 9.61 Å². The lowest BCUT2D eigenvalue weighted by Crippen LogP contribution is -2.29. The molecule has 1 unspecified atom stereocenters. The second-order valence-electron chi connectivity index (χ2n) is 6.07. The molecule has 3 aromatic rings. The molecule has 25 heavy (non-hydrogen) atoms. The van der Waals surface area contributed by atoms with E-state index in [1.165, 1.54) is 22.2 Å². The Morgan fingerprint density at radius 2 is 1.96 bits per heavy atom. The summed E-state index contributed by atoms with van der Waals surface area (Å²) in [4.78, 5) is 8.04. The normalized spacial score (nSPS) is 13.0. The Labute approximate surface area is 151 Å². The maximum Gasteiger partial charge on any atom is 0.230 e. The quantitative estimate of drug-likeness (QED) is 0.696. The molecule has 0 amide bonds. The second-order valence-corrected chi connectivity index (χ2v) is 7.08. The van der Waals surface area contributed by atoms with Crippen LogP contribution in [0, 0.1) is 0 Å². The van der Waals surface area contributed by atoms with E-state index in [0.29, 0.717) is 4.96 Å². The van der Waals surface area contributed by atoms with Crippen molar-refractivity contribution in [2.45, 2.75) is 39.8 Å². The van der Waals surface area contributed by atoms with Crippen LogP contribution in [-0.4, -0.2) is 43.8 Å². The molecule has 0 aliphatic carbocycles. The van der Waals surface area contributed by atoms with Crippen LogP contribution in [-0.2, 0) is 0 Å². The molecule has 1 atom stereocenters. The molecule has 1 aromatic carbocycles. The molecule has 3 rings (SSSR count). The summed E-state index contributed by atoms with van der Waals surface area (Å²) in [5.41, 5.74) is 1.04. The third-order valence-electron chi connectivity index (χ3n) is 4.14. The Morgan fingerprint density at radius 3 is 2.60 bits per heavy atom. The van der Waals surface area contributed by atoms with Crippen molar-refractivity contribution in [3.63, 3.8) is 0 Å². The number of aromatic nitrogens is 3. The molecule has 134 valence electrons. The smallest absolute Gasteiger partial charge is 0.230 e. The minimum Gasteiger partial charge on any atom is -0.492 e. The van der Waals surface area contributed by atoms with E-state index >= 15 is 0 Å². The van der Waals surface area contributed by atoms with E-state index < -0.39 is 0 Å². The summed E-state index contributed by atoms with van der Waals surface area (Å²) < 4.78 is 7.53. The van der Waals surface area contributed by atoms with Crippen molar-refractivity contribution in [2.75, 3.05) is 13.1 Å². The van der Waals surface area contributed by atoms with Crippen LogP contribution in [0.15, 0.2) is 30.6 Å². The molecule has 0 aliphatic rings. The Balaban J connectivity index is 2.16. The molecule has 0 radical (unpaired) electrons. The number of hydrogen-bond donors (Lipinski definition) is 1. The topological polar surface area (TPSA) is 62.9 Å². The van der Waals surface area contributed by atoms with Gasteiger partial charge in [-0.1, -0.05) is 43.4 Å². The Morgan fingerprint density at radius 1 is 1.24 bits per heavy atom. The summed E-state index contributed by atoms with van der Waals surface area (Å²) in [7, 11) is 0. The van der Waals surface area contributed by atoms with Gasteiger partial charge in [0.1, 0.15) is 12.1 Å². The number of para-hydroxylation sites is 1. The molecular weight excluding hydrogens is 336 g/mol. The molecule has 0 aliphatic heterocycles. The maximum absolute atomic E-state index is 10.7. The molecular formula is C18H24N4O2S. The summed E-state index contributed by atoms with van der Waals surface area (Å²) in [6.45, 7) is 9.98. The van der Waals surface area contributed by atoms with Gasteiger partial charge >= 0.3 is 0 Å². The SMILES string of the molecule is CCN(CC)C(c1ccccc1OC(C)C)c1sc2ncnn2c1O. The van der Waals surface area contributed by atoms with Crippen molar-refractivity contribution >= 4 is 16.3 Å². The zero-order valence-electron chi connectivity index (χ0n) is 15.0. The first kappa shape index (κ1) is 17.7. The highest BCUT2D eigenvalue weighted by molar-refractivity contribution is 7.17. The highest BCUT2D eigenvalue weighted by Gasteiger charge is 2.30. The van der Waals surface area contributed by atoms with Gasteiger partial charge in [0.2, 0.25) is 10.8 Å². The predicted octanol–water partition coefficient (Wildman–Crippen LogP) is 3.71. The fourth-order valence-electron chi connectivity index (χ4n) is 3.03. The van der Waals surface area contributed by atoms with Crippen LogP contribution >= 0.6 is 11.3 Å². The number of aromatic hydroxyl groups is 1. The second kappa shape index (κ2) is 7.41. The average Bonchev–Trinajstić information content (AvgIpc) is 3.16. The van der Waals surface area contributed by atoms with E-state index in [1.54, 1.807) is 0 Å². The monoisotopic (exact) mass is 360 g/mol. The van der Waals surface area contributed by atoms with E-state index in [-0.39, 0.29) is 18.0 Å². The molecule has 2 heterocycles. The lowest BCUT2D eigenvalue weighted by molar-refractivity contribution is 0.217. The number of fused-ring (bicyclic) bond motifs is 1. The number of benzene rings is 1. The van der Waals surface area contributed by atoms with Crippen LogP contribution in [0.2, 0.25) is 0 Å². The van der Waals surface area contributed by atoms with Crippen molar-refractivity contribution in [1.29, 1.82) is 0 Å². The van der Waals surface area contributed by atoms with Gasteiger partial charge in [0.25, 0.3) is 0 Å². The fourth-order valence-corrected chi connectivity index (χ4v) is 4.11. The number of rotatable bonds is 7. The van der Waals surface area contributed by atoms with Crippen LogP contribution in [0.5, 0.6) is 11.6 Å². The zero-order chi connectivity index (χ0) is 18.0. The standard InChI is InChI=1S/C18H24N4O2S/c1-5-21(6-2)15(13-9-7-8-10-14(13)24-12(3)4)16-17(23)22-18(25-16)19-11-20-22/h7-12,15,23H,5-6H2,1-4H3. The van der Waals surface area contributed by atoms with E-state index in [1.807, 2.05) is 32.0 Å². The molecule has 0 saturated heterocycles. The largest absolute Gasteiger partial charge is 0.492 e.